The van der Waals surface area contributed by atoms with E-state index in [1.165, 1.54) is 0 Å². The quantitative estimate of drug-likeness (QED) is 0.419. The van der Waals surface area contributed by atoms with E-state index in [-0.39, 0.29) is 17.5 Å². The molecule has 0 atom stereocenters. The summed E-state index contributed by atoms with van der Waals surface area (Å²) in [5, 5.41) is 3.97. The van der Waals surface area contributed by atoms with Crippen molar-refractivity contribution in [1.82, 2.24) is 9.88 Å². The molecule has 5 rings (SSSR count). The van der Waals surface area contributed by atoms with Gasteiger partial charge in [-0.25, -0.2) is 0 Å². The van der Waals surface area contributed by atoms with Gasteiger partial charge in [0.2, 0.25) is 0 Å². The predicted octanol–water partition coefficient (Wildman–Crippen LogP) is 5.33. The Morgan fingerprint density at radius 3 is 2.50 bits per heavy atom. The van der Waals surface area contributed by atoms with Gasteiger partial charge < -0.3 is 14.8 Å². The van der Waals surface area contributed by atoms with Gasteiger partial charge in [-0.05, 0) is 56.2 Å². The number of amides is 2. The van der Waals surface area contributed by atoms with Crippen molar-refractivity contribution in [2.75, 3.05) is 11.4 Å². The van der Waals surface area contributed by atoms with Gasteiger partial charge in [-0.3, -0.25) is 9.59 Å². The number of aryl methyl sites for hydroxylation is 2. The normalized spacial score (nSPS) is 13.2. The third-order valence-electron chi connectivity index (χ3n) is 6.38. The van der Waals surface area contributed by atoms with Crippen LogP contribution in [0.2, 0.25) is 0 Å². The van der Waals surface area contributed by atoms with E-state index in [0.29, 0.717) is 12.1 Å². The molecule has 3 aromatic carbocycles. The number of fused-ring (bicyclic) bond motifs is 2. The highest BCUT2D eigenvalue weighted by Crippen LogP contribution is 2.30. The average Bonchev–Trinajstić information content (AvgIpc) is 3.45. The number of rotatable bonds is 5. The van der Waals surface area contributed by atoms with Crippen molar-refractivity contribution in [2.24, 2.45) is 0 Å². The highest BCUT2D eigenvalue weighted by atomic mass is 16.2. The lowest BCUT2D eigenvalue weighted by Crippen LogP contribution is -2.37. The lowest BCUT2D eigenvalue weighted by molar-refractivity contribution is -0.115. The minimum atomic E-state index is -0.300. The molecule has 0 spiro atoms. The van der Waals surface area contributed by atoms with Crippen LogP contribution in [0.15, 0.2) is 84.7 Å². The lowest BCUT2D eigenvalue weighted by Gasteiger charge is -2.20. The molecule has 5 heteroatoms. The lowest BCUT2D eigenvalue weighted by atomic mass is 10.1. The third-order valence-corrected chi connectivity index (χ3v) is 6.38. The van der Waals surface area contributed by atoms with Crippen LogP contribution in [0.1, 0.15) is 34.0 Å². The van der Waals surface area contributed by atoms with E-state index in [1.807, 2.05) is 73.8 Å². The fourth-order valence-corrected chi connectivity index (χ4v) is 4.55. The predicted molar refractivity (Wildman–Crippen MR) is 137 cm³/mol. The van der Waals surface area contributed by atoms with Gasteiger partial charge in [0, 0.05) is 47.0 Å². The van der Waals surface area contributed by atoms with Gasteiger partial charge in [-0.15, -0.1) is 0 Å². The van der Waals surface area contributed by atoms with Crippen molar-refractivity contribution in [2.45, 2.75) is 26.8 Å². The molecule has 0 radical (unpaired) electrons. The fourth-order valence-electron chi connectivity index (χ4n) is 4.55. The summed E-state index contributed by atoms with van der Waals surface area (Å²) in [5.41, 5.74) is 5.89. The van der Waals surface area contributed by atoms with E-state index >= 15 is 0 Å². The van der Waals surface area contributed by atoms with Crippen LogP contribution in [0.3, 0.4) is 0 Å². The molecule has 170 valence electrons. The van der Waals surface area contributed by atoms with Crippen LogP contribution in [-0.4, -0.2) is 22.9 Å². The SMILES string of the molecule is CCn1cc(/C=C(\NC(=O)c2ccc(C)cc2)C(=O)N2CCc3ccccc32)c2ccccc21. The second-order valence-electron chi connectivity index (χ2n) is 8.60. The molecule has 0 fully saturated rings. The van der Waals surface area contributed by atoms with Gasteiger partial charge in [0.1, 0.15) is 5.70 Å². The van der Waals surface area contributed by atoms with E-state index in [9.17, 15) is 9.59 Å². The van der Waals surface area contributed by atoms with Crippen LogP contribution < -0.4 is 10.2 Å². The number of anilines is 1. The van der Waals surface area contributed by atoms with Gasteiger partial charge in [0.15, 0.2) is 0 Å². The summed E-state index contributed by atoms with van der Waals surface area (Å²) in [5.74, 6) is -0.509. The highest BCUT2D eigenvalue weighted by Gasteiger charge is 2.28. The monoisotopic (exact) mass is 449 g/mol. The number of benzene rings is 3. The molecule has 1 N–H and O–H groups in total. The molecule has 0 aliphatic carbocycles. The molecule has 4 aromatic rings. The van der Waals surface area contributed by atoms with E-state index < -0.39 is 0 Å². The molecule has 0 bridgehead atoms. The minimum absolute atomic E-state index is 0.209. The molecule has 1 aliphatic heterocycles. The number of carbonyl (C=O) groups excluding carboxylic acids is 2. The molecule has 2 heterocycles. The number of hydrogen-bond donors (Lipinski definition) is 1. The van der Waals surface area contributed by atoms with Crippen molar-refractivity contribution in [3.8, 4) is 0 Å². The Morgan fingerprint density at radius 1 is 0.971 bits per heavy atom. The Morgan fingerprint density at radius 2 is 1.71 bits per heavy atom. The smallest absolute Gasteiger partial charge is 0.274 e. The molecule has 0 unspecified atom stereocenters. The first-order valence-electron chi connectivity index (χ1n) is 11.6. The number of hydrogen-bond acceptors (Lipinski definition) is 2. The molecular weight excluding hydrogens is 422 g/mol. The van der Waals surface area contributed by atoms with Crippen LogP contribution in [-0.2, 0) is 17.8 Å². The van der Waals surface area contributed by atoms with Gasteiger partial charge in [-0.1, -0.05) is 54.1 Å². The molecular formula is C29H27N3O2. The average molecular weight is 450 g/mol. The molecule has 0 saturated carbocycles. The molecule has 1 aromatic heterocycles. The minimum Gasteiger partial charge on any atom is -0.347 e. The topological polar surface area (TPSA) is 54.3 Å². The van der Waals surface area contributed by atoms with Gasteiger partial charge in [0.05, 0.1) is 0 Å². The zero-order valence-corrected chi connectivity index (χ0v) is 19.4. The Balaban J connectivity index is 1.57. The zero-order chi connectivity index (χ0) is 23.7. The first-order chi connectivity index (χ1) is 16.5. The van der Waals surface area contributed by atoms with Crippen LogP contribution in [0.25, 0.3) is 17.0 Å². The molecule has 2 amide bonds. The van der Waals surface area contributed by atoms with Crippen molar-refractivity contribution in [1.29, 1.82) is 0 Å². The van der Waals surface area contributed by atoms with E-state index in [4.69, 9.17) is 0 Å². The van der Waals surface area contributed by atoms with E-state index in [2.05, 4.69) is 22.9 Å². The van der Waals surface area contributed by atoms with Crippen LogP contribution in [0.4, 0.5) is 5.69 Å². The van der Waals surface area contributed by atoms with Crippen LogP contribution in [0, 0.1) is 6.92 Å². The summed E-state index contributed by atoms with van der Waals surface area (Å²) >= 11 is 0. The molecule has 1 aliphatic rings. The third kappa shape index (κ3) is 4.01. The van der Waals surface area contributed by atoms with E-state index in [0.717, 1.165) is 46.2 Å². The summed E-state index contributed by atoms with van der Waals surface area (Å²) in [4.78, 5) is 28.7. The number of nitrogens with zero attached hydrogens (tertiary/aromatic N) is 2. The summed E-state index contributed by atoms with van der Waals surface area (Å²) < 4.78 is 2.15. The van der Waals surface area contributed by atoms with Crippen LogP contribution in [0.5, 0.6) is 0 Å². The Labute approximate surface area is 199 Å². The Kier molecular flexibility index (Phi) is 5.76. The summed E-state index contributed by atoms with van der Waals surface area (Å²) in [6, 6.07) is 23.4. The standard InChI is InChI=1S/C29H27N3O2/c1-3-31-19-23(24-9-5-7-11-27(24)31)18-25(30-28(33)22-14-12-20(2)13-15-22)29(34)32-17-16-21-8-4-6-10-26(21)32/h4-15,18-19H,3,16-17H2,1-2H3,(H,30,33)/b25-18-. The molecule has 0 saturated heterocycles. The Hall–Kier alpha value is -4.12. The first kappa shape index (κ1) is 21.7. The summed E-state index contributed by atoms with van der Waals surface area (Å²) in [7, 11) is 0. The highest BCUT2D eigenvalue weighted by molar-refractivity contribution is 6.13. The Bertz CT molecular complexity index is 1410. The second-order valence-corrected chi connectivity index (χ2v) is 8.60. The van der Waals surface area contributed by atoms with Gasteiger partial charge >= 0.3 is 0 Å². The number of carbonyl (C=O) groups is 2. The second kappa shape index (κ2) is 9.02. The molecule has 5 nitrogen and oxygen atoms in total. The molecule has 34 heavy (non-hydrogen) atoms. The first-order valence-corrected chi connectivity index (χ1v) is 11.6. The maximum atomic E-state index is 13.8. The number of nitrogens with one attached hydrogen (secondary N) is 1. The zero-order valence-electron chi connectivity index (χ0n) is 19.4. The van der Waals surface area contributed by atoms with Gasteiger partial charge in [-0.2, -0.15) is 0 Å². The number of para-hydroxylation sites is 2. The van der Waals surface area contributed by atoms with Crippen LogP contribution >= 0.6 is 0 Å². The fraction of sp³-hybridized carbons (Fsp3) is 0.172. The summed E-state index contributed by atoms with van der Waals surface area (Å²) in [6.45, 7) is 5.47. The number of aromatic nitrogens is 1. The van der Waals surface area contributed by atoms with Crippen molar-refractivity contribution < 1.29 is 9.59 Å². The van der Waals surface area contributed by atoms with E-state index in [1.54, 1.807) is 17.0 Å². The maximum Gasteiger partial charge on any atom is 0.274 e. The van der Waals surface area contributed by atoms with Crippen molar-refractivity contribution in [3.63, 3.8) is 0 Å². The summed E-state index contributed by atoms with van der Waals surface area (Å²) in [6.07, 6.45) is 4.65. The maximum absolute atomic E-state index is 13.8. The largest absolute Gasteiger partial charge is 0.347 e. The van der Waals surface area contributed by atoms with Crippen molar-refractivity contribution in [3.05, 3.63) is 107 Å². The van der Waals surface area contributed by atoms with Gasteiger partial charge in [0.25, 0.3) is 11.8 Å². The van der Waals surface area contributed by atoms with Crippen molar-refractivity contribution >= 4 is 34.5 Å².